The van der Waals surface area contributed by atoms with Gasteiger partial charge in [-0.2, -0.15) is 0 Å². The minimum absolute atomic E-state index is 0.437. The van der Waals surface area contributed by atoms with E-state index in [1.54, 1.807) is 12.1 Å². The Morgan fingerprint density at radius 2 is 2.00 bits per heavy atom. The molecule has 0 saturated heterocycles. The largest absolute Gasteiger partial charge is 0.486 e. The van der Waals surface area contributed by atoms with Gasteiger partial charge in [0.05, 0.1) is 5.69 Å². The number of anilines is 1. The summed E-state index contributed by atoms with van der Waals surface area (Å²) in [4.78, 5) is 0. The maximum absolute atomic E-state index is 5.88. The highest BCUT2D eigenvalue weighted by atomic mass is 35.5. The summed E-state index contributed by atoms with van der Waals surface area (Å²) in [6, 6.07) is 3.46. The van der Waals surface area contributed by atoms with Gasteiger partial charge in [-0.3, -0.25) is 0 Å². The van der Waals surface area contributed by atoms with Gasteiger partial charge in [0.25, 0.3) is 0 Å². The molecule has 0 radical (unpaired) electrons. The van der Waals surface area contributed by atoms with Crippen molar-refractivity contribution in [3.8, 4) is 11.5 Å². The van der Waals surface area contributed by atoms with Crippen LogP contribution in [0.1, 0.15) is 0 Å². The van der Waals surface area contributed by atoms with Crippen LogP contribution in [0.15, 0.2) is 12.1 Å². The van der Waals surface area contributed by atoms with Crippen LogP contribution in [0.3, 0.4) is 0 Å². The Balaban J connectivity index is 2.54. The number of hydrogen-bond donors (Lipinski definition) is 1. The number of nitrogens with two attached hydrogens (primary N) is 1. The summed E-state index contributed by atoms with van der Waals surface area (Å²) >= 11 is 5.88. The van der Waals surface area contributed by atoms with Crippen LogP contribution in [0, 0.1) is 0 Å². The molecule has 0 amide bonds. The van der Waals surface area contributed by atoms with E-state index in [-0.39, 0.29) is 0 Å². The van der Waals surface area contributed by atoms with E-state index in [9.17, 15) is 0 Å². The van der Waals surface area contributed by atoms with E-state index in [2.05, 4.69) is 0 Å². The Kier molecular flexibility index (Phi) is 1.73. The number of hydrogen-bond acceptors (Lipinski definition) is 3. The Labute approximate surface area is 75.0 Å². The second kappa shape index (κ2) is 2.75. The molecular formula is C8H8ClNO2. The van der Waals surface area contributed by atoms with E-state index in [1.165, 1.54) is 0 Å². The third-order valence-corrected chi connectivity index (χ3v) is 2.07. The van der Waals surface area contributed by atoms with Crippen molar-refractivity contribution in [1.82, 2.24) is 0 Å². The van der Waals surface area contributed by atoms with Crippen molar-refractivity contribution in [3.05, 3.63) is 17.2 Å². The average molecular weight is 186 g/mol. The molecular weight excluding hydrogens is 178 g/mol. The van der Waals surface area contributed by atoms with Gasteiger partial charge < -0.3 is 15.2 Å². The van der Waals surface area contributed by atoms with Gasteiger partial charge in [0, 0.05) is 0 Å². The molecule has 3 nitrogen and oxygen atoms in total. The number of rotatable bonds is 0. The summed E-state index contributed by atoms with van der Waals surface area (Å²) in [5.74, 6) is 1.23. The molecule has 4 heteroatoms. The van der Waals surface area contributed by atoms with Crippen LogP contribution in [0.5, 0.6) is 11.5 Å². The zero-order chi connectivity index (χ0) is 8.55. The molecule has 1 aliphatic rings. The Bertz CT molecular complexity index is 314. The number of nitrogen functional groups attached to an aromatic ring is 1. The quantitative estimate of drug-likeness (QED) is 0.626. The van der Waals surface area contributed by atoms with Crippen molar-refractivity contribution in [2.45, 2.75) is 0 Å². The third-order valence-electron chi connectivity index (χ3n) is 1.68. The predicted octanol–water partition coefficient (Wildman–Crippen LogP) is 1.69. The van der Waals surface area contributed by atoms with Gasteiger partial charge in [-0.25, -0.2) is 0 Å². The number of ether oxygens (including phenoxy) is 2. The van der Waals surface area contributed by atoms with E-state index >= 15 is 0 Å². The molecule has 0 aliphatic carbocycles. The van der Waals surface area contributed by atoms with Crippen LogP contribution < -0.4 is 15.2 Å². The molecule has 0 spiro atoms. The molecule has 0 fully saturated rings. The molecule has 0 unspecified atom stereocenters. The van der Waals surface area contributed by atoms with Crippen molar-refractivity contribution < 1.29 is 9.47 Å². The first-order valence-corrected chi connectivity index (χ1v) is 4.00. The molecule has 2 N–H and O–H groups in total. The maximum Gasteiger partial charge on any atom is 0.182 e. The molecule has 1 aromatic carbocycles. The molecule has 1 aromatic rings. The minimum Gasteiger partial charge on any atom is -0.486 e. The van der Waals surface area contributed by atoms with Crippen molar-refractivity contribution in [3.63, 3.8) is 0 Å². The fourth-order valence-corrected chi connectivity index (χ4v) is 1.31. The Morgan fingerprint density at radius 1 is 1.25 bits per heavy atom. The first kappa shape index (κ1) is 7.55. The lowest BCUT2D eigenvalue weighted by atomic mass is 10.2. The molecule has 0 saturated carbocycles. The summed E-state index contributed by atoms with van der Waals surface area (Å²) in [7, 11) is 0. The Hall–Kier alpha value is -1.09. The van der Waals surface area contributed by atoms with Gasteiger partial charge in [-0.05, 0) is 12.1 Å². The van der Waals surface area contributed by atoms with Crippen LogP contribution in [0.25, 0.3) is 0 Å². The predicted molar refractivity (Wildman–Crippen MR) is 46.9 cm³/mol. The minimum atomic E-state index is 0.437. The molecule has 0 aromatic heterocycles. The summed E-state index contributed by atoms with van der Waals surface area (Å²) < 4.78 is 10.6. The van der Waals surface area contributed by atoms with Gasteiger partial charge >= 0.3 is 0 Å². The molecule has 0 bridgehead atoms. The summed E-state index contributed by atoms with van der Waals surface area (Å²) in [6.07, 6.45) is 0. The van der Waals surface area contributed by atoms with Crippen LogP contribution in [0.4, 0.5) is 5.69 Å². The fraction of sp³-hybridized carbons (Fsp3) is 0.250. The SMILES string of the molecule is Nc1ccc2c(c1Cl)OCCO2. The van der Waals surface area contributed by atoms with Gasteiger partial charge in [0.1, 0.15) is 18.2 Å². The summed E-state index contributed by atoms with van der Waals surface area (Å²) in [5, 5.41) is 0.437. The third kappa shape index (κ3) is 1.06. The molecule has 0 atom stereocenters. The molecule has 1 aliphatic heterocycles. The summed E-state index contributed by atoms with van der Waals surface area (Å²) in [6.45, 7) is 1.09. The lowest BCUT2D eigenvalue weighted by Crippen LogP contribution is -2.15. The summed E-state index contributed by atoms with van der Waals surface area (Å²) in [5.41, 5.74) is 6.09. The second-order valence-corrected chi connectivity index (χ2v) is 2.87. The number of fused-ring (bicyclic) bond motifs is 1. The van der Waals surface area contributed by atoms with Gasteiger partial charge in [0.2, 0.25) is 0 Å². The average Bonchev–Trinajstić information content (AvgIpc) is 2.12. The van der Waals surface area contributed by atoms with E-state index in [4.69, 9.17) is 26.8 Å². The highest BCUT2D eigenvalue weighted by Gasteiger charge is 2.16. The zero-order valence-corrected chi connectivity index (χ0v) is 7.10. The van der Waals surface area contributed by atoms with E-state index in [0.717, 1.165) is 0 Å². The fourth-order valence-electron chi connectivity index (χ4n) is 1.10. The van der Waals surface area contributed by atoms with Crippen LogP contribution in [-0.4, -0.2) is 13.2 Å². The van der Waals surface area contributed by atoms with Gasteiger partial charge in [-0.1, -0.05) is 11.6 Å². The molecule has 2 rings (SSSR count). The topological polar surface area (TPSA) is 44.5 Å². The van der Waals surface area contributed by atoms with E-state index in [1.807, 2.05) is 0 Å². The monoisotopic (exact) mass is 185 g/mol. The highest BCUT2D eigenvalue weighted by molar-refractivity contribution is 6.34. The van der Waals surface area contributed by atoms with E-state index in [0.29, 0.717) is 35.4 Å². The number of halogens is 1. The van der Waals surface area contributed by atoms with Crippen LogP contribution in [-0.2, 0) is 0 Å². The second-order valence-electron chi connectivity index (χ2n) is 2.49. The van der Waals surface area contributed by atoms with Crippen molar-refractivity contribution in [2.75, 3.05) is 18.9 Å². The molecule has 64 valence electrons. The highest BCUT2D eigenvalue weighted by Crippen LogP contribution is 2.40. The van der Waals surface area contributed by atoms with Crippen molar-refractivity contribution in [2.24, 2.45) is 0 Å². The zero-order valence-electron chi connectivity index (χ0n) is 6.34. The van der Waals surface area contributed by atoms with Crippen LogP contribution in [0.2, 0.25) is 5.02 Å². The number of benzene rings is 1. The lowest BCUT2D eigenvalue weighted by molar-refractivity contribution is 0.172. The maximum atomic E-state index is 5.88. The normalized spacial score (nSPS) is 14.4. The van der Waals surface area contributed by atoms with Crippen molar-refractivity contribution in [1.29, 1.82) is 0 Å². The van der Waals surface area contributed by atoms with Crippen molar-refractivity contribution >= 4 is 17.3 Å². The van der Waals surface area contributed by atoms with Gasteiger partial charge in [0.15, 0.2) is 11.5 Å². The first-order valence-electron chi connectivity index (χ1n) is 3.62. The molecule has 1 heterocycles. The van der Waals surface area contributed by atoms with E-state index < -0.39 is 0 Å². The smallest absolute Gasteiger partial charge is 0.182 e. The van der Waals surface area contributed by atoms with Crippen LogP contribution >= 0.6 is 11.6 Å². The Morgan fingerprint density at radius 3 is 2.83 bits per heavy atom. The van der Waals surface area contributed by atoms with Gasteiger partial charge in [-0.15, -0.1) is 0 Å². The standard InChI is InChI=1S/C8H8ClNO2/c9-7-5(10)1-2-6-8(7)12-4-3-11-6/h1-2H,3-4,10H2. The molecule has 12 heavy (non-hydrogen) atoms. The first-order chi connectivity index (χ1) is 5.79. The lowest BCUT2D eigenvalue weighted by Gasteiger charge is -2.19.